The second kappa shape index (κ2) is 9.71. The van der Waals surface area contributed by atoms with Crippen LogP contribution in [-0.4, -0.2) is 35.3 Å². The number of fused-ring (bicyclic) bond motifs is 2. The monoisotopic (exact) mass is 502 g/mol. The van der Waals surface area contributed by atoms with Crippen LogP contribution in [0.25, 0.3) is 16.6 Å². The Bertz CT molecular complexity index is 1760. The number of carbonyl (C=O) groups excluding carboxylic acids is 1. The molecular weight excluding hydrogens is 480 g/mol. The summed E-state index contributed by atoms with van der Waals surface area (Å²) in [4.78, 5) is 25.8. The Balaban J connectivity index is 1.22. The molecule has 0 aliphatic heterocycles. The van der Waals surface area contributed by atoms with Gasteiger partial charge in [0.25, 0.3) is 0 Å². The number of aryl methyl sites for hydroxylation is 1. The standard InChI is InChI=1S/C28H22N8O2/c1-17-8-21(5-7-25(17)38-27-12-26-35-33-16-36(26)15-32-27)34-28-22-10-19(4-6-23(22)30-14-31-28)11-24(37)20(13-29)9-18-2-3-18/h4-10,12,14-16,18H,2-3,11H2,1H3,(H,30,31,34)/b20-9+. The Morgan fingerprint density at radius 1 is 1.16 bits per heavy atom. The number of hydrogen-bond donors (Lipinski definition) is 1. The van der Waals surface area contributed by atoms with E-state index in [1.54, 1.807) is 29.2 Å². The first kappa shape index (κ1) is 23.2. The zero-order valence-electron chi connectivity index (χ0n) is 20.5. The lowest BCUT2D eigenvalue weighted by Gasteiger charge is -2.12. The van der Waals surface area contributed by atoms with Gasteiger partial charge in [-0.3, -0.25) is 9.20 Å². The minimum atomic E-state index is -0.172. The summed E-state index contributed by atoms with van der Waals surface area (Å²) in [6.07, 6.45) is 8.72. The van der Waals surface area contributed by atoms with Crippen molar-refractivity contribution in [3.63, 3.8) is 0 Å². The topological polar surface area (TPSA) is 131 Å². The normalized spacial score (nSPS) is 13.4. The van der Waals surface area contributed by atoms with Crippen LogP contribution in [0.3, 0.4) is 0 Å². The number of carbonyl (C=O) groups is 1. The Labute approximate surface area is 217 Å². The molecule has 2 aromatic carbocycles. The third-order valence-corrected chi connectivity index (χ3v) is 6.32. The van der Waals surface area contributed by atoms with E-state index in [1.807, 2.05) is 43.3 Å². The fraction of sp³-hybridized carbons (Fsp3) is 0.179. The van der Waals surface area contributed by atoms with Crippen molar-refractivity contribution < 1.29 is 9.53 Å². The van der Waals surface area contributed by atoms with Gasteiger partial charge >= 0.3 is 0 Å². The highest BCUT2D eigenvalue weighted by Crippen LogP contribution is 2.32. The molecule has 186 valence electrons. The average Bonchev–Trinajstić information content (AvgIpc) is 3.63. The molecule has 10 heteroatoms. The molecule has 1 saturated carbocycles. The summed E-state index contributed by atoms with van der Waals surface area (Å²) in [5.74, 6) is 1.89. The van der Waals surface area contributed by atoms with Gasteiger partial charge in [0.1, 0.15) is 36.6 Å². The summed E-state index contributed by atoms with van der Waals surface area (Å²) in [7, 11) is 0. The van der Waals surface area contributed by atoms with Crippen molar-refractivity contribution >= 4 is 33.8 Å². The van der Waals surface area contributed by atoms with Gasteiger partial charge in [-0.05, 0) is 67.1 Å². The molecule has 1 aliphatic carbocycles. The van der Waals surface area contributed by atoms with Crippen LogP contribution < -0.4 is 10.1 Å². The van der Waals surface area contributed by atoms with E-state index >= 15 is 0 Å². The van der Waals surface area contributed by atoms with Crippen molar-refractivity contribution in [2.75, 3.05) is 5.32 Å². The highest BCUT2D eigenvalue weighted by molar-refractivity contribution is 6.01. The number of nitrogens with zero attached hydrogens (tertiary/aromatic N) is 7. The van der Waals surface area contributed by atoms with Gasteiger partial charge in [-0.2, -0.15) is 5.26 Å². The number of Topliss-reactive ketones (excluding diaryl/α,β-unsaturated/α-hetero) is 1. The summed E-state index contributed by atoms with van der Waals surface area (Å²) in [5, 5.41) is 21.4. The number of allylic oxidation sites excluding steroid dienone is 2. The van der Waals surface area contributed by atoms with Crippen molar-refractivity contribution in [1.29, 1.82) is 5.26 Å². The van der Waals surface area contributed by atoms with Crippen LogP contribution in [0, 0.1) is 24.2 Å². The molecule has 3 aromatic heterocycles. The van der Waals surface area contributed by atoms with Gasteiger partial charge < -0.3 is 10.1 Å². The highest BCUT2D eigenvalue weighted by Gasteiger charge is 2.22. The minimum Gasteiger partial charge on any atom is -0.439 e. The summed E-state index contributed by atoms with van der Waals surface area (Å²) < 4.78 is 7.67. The Morgan fingerprint density at radius 3 is 2.87 bits per heavy atom. The maximum atomic E-state index is 12.7. The number of ether oxygens (including phenoxy) is 1. The van der Waals surface area contributed by atoms with E-state index in [0.717, 1.165) is 40.6 Å². The lowest BCUT2D eigenvalue weighted by molar-refractivity contribution is -0.114. The molecule has 0 saturated heterocycles. The molecule has 38 heavy (non-hydrogen) atoms. The molecule has 3 heterocycles. The van der Waals surface area contributed by atoms with E-state index in [0.29, 0.717) is 29.0 Å². The number of aromatic nitrogens is 6. The number of anilines is 2. The van der Waals surface area contributed by atoms with Crippen molar-refractivity contribution in [3.8, 4) is 17.7 Å². The quantitative estimate of drug-likeness (QED) is 0.233. The Kier molecular flexibility index (Phi) is 5.94. The minimum absolute atomic E-state index is 0.149. The second-order valence-corrected chi connectivity index (χ2v) is 9.23. The van der Waals surface area contributed by atoms with Gasteiger partial charge in [0.05, 0.1) is 11.1 Å². The largest absolute Gasteiger partial charge is 0.439 e. The molecule has 0 amide bonds. The predicted molar refractivity (Wildman–Crippen MR) is 140 cm³/mol. The third-order valence-electron chi connectivity index (χ3n) is 6.32. The van der Waals surface area contributed by atoms with Crippen molar-refractivity contribution in [3.05, 3.63) is 84.2 Å². The van der Waals surface area contributed by atoms with E-state index in [9.17, 15) is 10.1 Å². The molecule has 0 atom stereocenters. The maximum absolute atomic E-state index is 12.7. The lowest BCUT2D eigenvalue weighted by atomic mass is 10.0. The van der Waals surface area contributed by atoms with E-state index in [4.69, 9.17) is 4.74 Å². The summed E-state index contributed by atoms with van der Waals surface area (Å²) in [6, 6.07) is 15.1. The van der Waals surface area contributed by atoms with Crippen LogP contribution >= 0.6 is 0 Å². The smallest absolute Gasteiger partial charge is 0.224 e. The average molecular weight is 503 g/mol. The van der Waals surface area contributed by atoms with Gasteiger partial charge in [0, 0.05) is 23.6 Å². The number of rotatable bonds is 8. The second-order valence-electron chi connectivity index (χ2n) is 9.23. The van der Waals surface area contributed by atoms with Crippen LogP contribution in [0.4, 0.5) is 11.5 Å². The van der Waals surface area contributed by atoms with Crippen LogP contribution in [0.5, 0.6) is 11.6 Å². The molecule has 1 N–H and O–H groups in total. The highest BCUT2D eigenvalue weighted by atomic mass is 16.5. The van der Waals surface area contributed by atoms with Crippen LogP contribution in [0.15, 0.2) is 73.1 Å². The van der Waals surface area contributed by atoms with Gasteiger partial charge in [-0.15, -0.1) is 10.2 Å². The first-order valence-corrected chi connectivity index (χ1v) is 12.2. The predicted octanol–water partition coefficient (Wildman–Crippen LogP) is 4.88. The van der Waals surface area contributed by atoms with Gasteiger partial charge in [0.2, 0.25) is 5.88 Å². The van der Waals surface area contributed by atoms with E-state index in [1.165, 1.54) is 6.33 Å². The fourth-order valence-electron chi connectivity index (χ4n) is 4.14. The third kappa shape index (κ3) is 4.90. The molecule has 0 radical (unpaired) electrons. The number of nitriles is 1. The molecule has 10 nitrogen and oxygen atoms in total. The maximum Gasteiger partial charge on any atom is 0.224 e. The SMILES string of the molecule is Cc1cc(Nc2ncnc3ccc(CC(=O)/C(C#N)=C/C4CC4)cc23)ccc1Oc1cc2nncn2cn1. The molecule has 0 unspecified atom stereocenters. The summed E-state index contributed by atoms with van der Waals surface area (Å²) >= 11 is 0. The van der Waals surface area contributed by atoms with E-state index in [2.05, 4.69) is 36.5 Å². The number of hydrogen-bond acceptors (Lipinski definition) is 9. The van der Waals surface area contributed by atoms with E-state index in [-0.39, 0.29) is 17.8 Å². The van der Waals surface area contributed by atoms with Crippen molar-refractivity contribution in [2.45, 2.75) is 26.2 Å². The van der Waals surface area contributed by atoms with Gasteiger partial charge in [-0.1, -0.05) is 12.1 Å². The first-order valence-electron chi connectivity index (χ1n) is 12.2. The van der Waals surface area contributed by atoms with Crippen molar-refractivity contribution in [2.24, 2.45) is 5.92 Å². The van der Waals surface area contributed by atoms with Crippen LogP contribution in [-0.2, 0) is 11.2 Å². The molecule has 1 fully saturated rings. The van der Waals surface area contributed by atoms with Crippen LogP contribution in [0.1, 0.15) is 24.0 Å². The number of ketones is 1. The molecule has 0 bridgehead atoms. The Morgan fingerprint density at radius 2 is 2.05 bits per heavy atom. The molecule has 0 spiro atoms. The first-order chi connectivity index (χ1) is 18.6. The molecular formula is C28H22N8O2. The molecule has 1 aliphatic rings. The van der Waals surface area contributed by atoms with Crippen molar-refractivity contribution in [1.82, 2.24) is 29.5 Å². The molecule has 5 aromatic rings. The number of nitrogens with one attached hydrogen (secondary N) is 1. The molecule has 6 rings (SSSR count). The summed E-state index contributed by atoms with van der Waals surface area (Å²) in [5.41, 5.74) is 4.15. The van der Waals surface area contributed by atoms with Crippen LogP contribution in [0.2, 0.25) is 0 Å². The zero-order chi connectivity index (χ0) is 26.1. The van der Waals surface area contributed by atoms with E-state index < -0.39 is 0 Å². The zero-order valence-corrected chi connectivity index (χ0v) is 20.5. The Hall–Kier alpha value is -5.17. The van der Waals surface area contributed by atoms with Gasteiger partial charge in [0.15, 0.2) is 11.4 Å². The lowest BCUT2D eigenvalue weighted by Crippen LogP contribution is -2.06. The fourth-order valence-corrected chi connectivity index (χ4v) is 4.14. The van der Waals surface area contributed by atoms with Gasteiger partial charge in [-0.25, -0.2) is 15.0 Å². The number of benzene rings is 2. The summed E-state index contributed by atoms with van der Waals surface area (Å²) in [6.45, 7) is 1.94.